The molecule has 0 amide bonds. The minimum absolute atomic E-state index is 0.0749. The Kier molecular flexibility index (Phi) is 49.4. The van der Waals surface area contributed by atoms with Gasteiger partial charge in [0.15, 0.2) is 6.10 Å². The van der Waals surface area contributed by atoms with Crippen molar-refractivity contribution in [3.05, 3.63) is 48.6 Å². The van der Waals surface area contributed by atoms with Crippen LogP contribution in [0.5, 0.6) is 0 Å². The second kappa shape index (κ2) is 51.2. The average Bonchev–Trinajstić information content (AvgIpc) is 3.25. The van der Waals surface area contributed by atoms with Gasteiger partial charge in [-0.2, -0.15) is 0 Å². The van der Waals surface area contributed by atoms with E-state index in [0.717, 1.165) is 70.6 Å². The summed E-state index contributed by atoms with van der Waals surface area (Å²) in [6.07, 6.45) is 62.6. The molecule has 1 unspecified atom stereocenters. The summed E-state index contributed by atoms with van der Waals surface area (Å²) in [6.45, 7) is 7.76. The molecule has 0 saturated heterocycles. The zero-order chi connectivity index (χ0) is 43.5. The summed E-state index contributed by atoms with van der Waals surface area (Å²) < 4.78 is 17.4. The maximum Gasteiger partial charge on any atom is 0.306 e. The van der Waals surface area contributed by atoms with Gasteiger partial charge >= 0.3 is 11.9 Å². The van der Waals surface area contributed by atoms with E-state index in [4.69, 9.17) is 14.2 Å². The van der Waals surface area contributed by atoms with Crippen molar-refractivity contribution in [2.24, 2.45) is 0 Å². The standard InChI is InChI=1S/C55H100O5/c1-4-7-10-13-16-19-22-24-26-27-28-30-32-35-38-41-44-47-50-58-51-53(60-55(57)49-46-43-40-37-33-21-18-15-12-9-6-3)52-59-54(56)48-45-42-39-36-34-31-29-25-23-20-17-14-11-8-5-2/h15,17-18,20,24-26,29,53H,4-14,16,19,21-23,27-28,30-52H2,1-3H3/b18-15-,20-17-,26-24-,29-25-. The Hall–Kier alpha value is -2.14. The molecule has 5 heteroatoms. The molecule has 60 heavy (non-hydrogen) atoms. The van der Waals surface area contributed by atoms with E-state index in [2.05, 4.69) is 69.4 Å². The third-order valence-electron chi connectivity index (χ3n) is 11.3. The molecule has 0 heterocycles. The van der Waals surface area contributed by atoms with Gasteiger partial charge in [0.1, 0.15) is 6.61 Å². The first-order valence-corrected chi connectivity index (χ1v) is 26.2. The van der Waals surface area contributed by atoms with Crippen LogP contribution in [0.25, 0.3) is 0 Å². The van der Waals surface area contributed by atoms with E-state index in [1.807, 2.05) is 0 Å². The molecule has 0 spiro atoms. The quantitative estimate of drug-likeness (QED) is 0.0347. The highest BCUT2D eigenvalue weighted by Crippen LogP contribution is 2.14. The van der Waals surface area contributed by atoms with Crippen LogP contribution in [0.2, 0.25) is 0 Å². The maximum absolute atomic E-state index is 12.8. The molecule has 0 N–H and O–H groups in total. The fourth-order valence-electron chi connectivity index (χ4n) is 7.34. The maximum atomic E-state index is 12.8. The Labute approximate surface area is 373 Å². The van der Waals surface area contributed by atoms with E-state index in [1.54, 1.807) is 0 Å². The largest absolute Gasteiger partial charge is 0.462 e. The van der Waals surface area contributed by atoms with Crippen LogP contribution in [0.3, 0.4) is 0 Å². The van der Waals surface area contributed by atoms with Crippen molar-refractivity contribution < 1.29 is 23.8 Å². The number of esters is 2. The van der Waals surface area contributed by atoms with Crippen LogP contribution < -0.4 is 0 Å². The van der Waals surface area contributed by atoms with Crippen molar-refractivity contribution in [1.82, 2.24) is 0 Å². The molecule has 350 valence electrons. The normalized spacial score (nSPS) is 12.5. The molecule has 0 aromatic heterocycles. The van der Waals surface area contributed by atoms with Gasteiger partial charge in [0, 0.05) is 19.4 Å². The molecule has 0 fully saturated rings. The van der Waals surface area contributed by atoms with E-state index in [1.165, 1.54) is 161 Å². The molecule has 1 atom stereocenters. The van der Waals surface area contributed by atoms with Gasteiger partial charge < -0.3 is 14.2 Å². The lowest BCUT2D eigenvalue weighted by molar-refractivity contribution is -0.163. The van der Waals surface area contributed by atoms with E-state index in [-0.39, 0.29) is 25.2 Å². The molecule has 0 aromatic carbocycles. The van der Waals surface area contributed by atoms with Crippen LogP contribution in [-0.2, 0) is 23.8 Å². The summed E-state index contributed by atoms with van der Waals surface area (Å²) in [6, 6.07) is 0. The Morgan fingerprint density at radius 3 is 1.20 bits per heavy atom. The molecule has 5 nitrogen and oxygen atoms in total. The molecular weight excluding hydrogens is 741 g/mol. The third-order valence-corrected chi connectivity index (χ3v) is 11.3. The second-order valence-electron chi connectivity index (χ2n) is 17.4. The first kappa shape index (κ1) is 57.9. The molecule has 0 aliphatic heterocycles. The fourth-order valence-corrected chi connectivity index (χ4v) is 7.34. The van der Waals surface area contributed by atoms with Crippen LogP contribution in [-0.4, -0.2) is 37.9 Å². The highest BCUT2D eigenvalue weighted by atomic mass is 16.6. The number of rotatable bonds is 48. The van der Waals surface area contributed by atoms with Gasteiger partial charge in [-0.15, -0.1) is 0 Å². The molecule has 0 saturated carbocycles. The Morgan fingerprint density at radius 1 is 0.367 bits per heavy atom. The number of allylic oxidation sites excluding steroid dienone is 8. The van der Waals surface area contributed by atoms with Gasteiger partial charge in [-0.1, -0.05) is 204 Å². The van der Waals surface area contributed by atoms with Crippen molar-refractivity contribution in [3.63, 3.8) is 0 Å². The van der Waals surface area contributed by atoms with E-state index in [0.29, 0.717) is 19.4 Å². The summed E-state index contributed by atoms with van der Waals surface area (Å²) in [5.74, 6) is -0.418. The number of carbonyl (C=O) groups excluding carboxylic acids is 2. The third kappa shape index (κ3) is 48.5. The highest BCUT2D eigenvalue weighted by molar-refractivity contribution is 5.70. The van der Waals surface area contributed by atoms with Crippen LogP contribution in [0.15, 0.2) is 48.6 Å². The van der Waals surface area contributed by atoms with Gasteiger partial charge in [0.25, 0.3) is 0 Å². The summed E-state index contributed by atoms with van der Waals surface area (Å²) in [5, 5.41) is 0. The monoisotopic (exact) mass is 841 g/mol. The van der Waals surface area contributed by atoms with Crippen molar-refractivity contribution in [2.45, 2.75) is 271 Å². The predicted octanol–water partition coefficient (Wildman–Crippen LogP) is 17.6. The van der Waals surface area contributed by atoms with E-state index < -0.39 is 6.10 Å². The fraction of sp³-hybridized carbons (Fsp3) is 0.818. The second-order valence-corrected chi connectivity index (χ2v) is 17.4. The molecule has 0 aliphatic rings. The Balaban J connectivity index is 4.24. The molecule has 0 bridgehead atoms. The summed E-state index contributed by atoms with van der Waals surface area (Å²) >= 11 is 0. The molecular formula is C55H100O5. The van der Waals surface area contributed by atoms with Crippen molar-refractivity contribution in [2.75, 3.05) is 19.8 Å². The highest BCUT2D eigenvalue weighted by Gasteiger charge is 2.17. The smallest absolute Gasteiger partial charge is 0.306 e. The summed E-state index contributed by atoms with van der Waals surface area (Å²) in [5.41, 5.74) is 0. The minimum atomic E-state index is -0.545. The van der Waals surface area contributed by atoms with Crippen molar-refractivity contribution in [1.29, 1.82) is 0 Å². The average molecular weight is 841 g/mol. The number of carbonyl (C=O) groups is 2. The zero-order valence-electron chi connectivity index (χ0n) is 40.2. The van der Waals surface area contributed by atoms with Crippen LogP contribution >= 0.6 is 0 Å². The molecule has 0 rings (SSSR count). The SMILES string of the molecule is CCCC/C=C\CCCCCCCC(=O)OC(COCCCCCCCCCC/C=C\CCCCCCCC)COC(=O)CCCCCCC/C=C\C/C=C\CCCCC. The van der Waals surface area contributed by atoms with Crippen LogP contribution in [0.4, 0.5) is 0 Å². The van der Waals surface area contributed by atoms with Crippen LogP contribution in [0.1, 0.15) is 265 Å². The first-order chi connectivity index (χ1) is 29.6. The first-order valence-electron chi connectivity index (χ1n) is 26.2. The lowest BCUT2D eigenvalue weighted by atomic mass is 10.1. The Bertz CT molecular complexity index is 997. The predicted molar refractivity (Wildman–Crippen MR) is 261 cm³/mol. The van der Waals surface area contributed by atoms with E-state index in [9.17, 15) is 9.59 Å². The molecule has 0 aliphatic carbocycles. The summed E-state index contributed by atoms with van der Waals surface area (Å²) in [4.78, 5) is 25.3. The van der Waals surface area contributed by atoms with Gasteiger partial charge in [-0.3, -0.25) is 9.59 Å². The van der Waals surface area contributed by atoms with E-state index >= 15 is 0 Å². The Morgan fingerprint density at radius 2 is 0.717 bits per heavy atom. The number of hydrogen-bond donors (Lipinski definition) is 0. The lowest BCUT2D eigenvalue weighted by Gasteiger charge is -2.18. The lowest BCUT2D eigenvalue weighted by Crippen LogP contribution is -2.30. The number of unbranched alkanes of at least 4 members (excludes halogenated alkanes) is 29. The van der Waals surface area contributed by atoms with Crippen molar-refractivity contribution >= 4 is 11.9 Å². The summed E-state index contributed by atoms with van der Waals surface area (Å²) in [7, 11) is 0. The molecule has 0 radical (unpaired) electrons. The van der Waals surface area contributed by atoms with Crippen LogP contribution in [0, 0.1) is 0 Å². The zero-order valence-corrected chi connectivity index (χ0v) is 40.2. The number of hydrogen-bond acceptors (Lipinski definition) is 5. The van der Waals surface area contributed by atoms with Gasteiger partial charge in [-0.25, -0.2) is 0 Å². The van der Waals surface area contributed by atoms with Gasteiger partial charge in [0.2, 0.25) is 0 Å². The molecule has 0 aromatic rings. The topological polar surface area (TPSA) is 61.8 Å². The van der Waals surface area contributed by atoms with Gasteiger partial charge in [0.05, 0.1) is 6.61 Å². The number of ether oxygens (including phenoxy) is 3. The van der Waals surface area contributed by atoms with Gasteiger partial charge in [-0.05, 0) is 96.3 Å². The van der Waals surface area contributed by atoms with Crippen molar-refractivity contribution in [3.8, 4) is 0 Å². The minimum Gasteiger partial charge on any atom is -0.462 e.